The summed E-state index contributed by atoms with van der Waals surface area (Å²) in [5, 5.41) is 3.12. The lowest BCUT2D eigenvalue weighted by Crippen LogP contribution is -2.46. The Bertz CT molecular complexity index is 268. The first kappa shape index (κ1) is 16.3. The van der Waals surface area contributed by atoms with Crippen LogP contribution in [-0.2, 0) is 0 Å². The first-order chi connectivity index (χ1) is 8.94. The first-order valence-corrected chi connectivity index (χ1v) is 7.97. The number of likely N-dealkylation sites (tertiary alicyclic amines) is 1. The zero-order valence-corrected chi connectivity index (χ0v) is 13.3. The molecule has 2 amide bonds. The number of carbonyl (C=O) groups is 1. The van der Waals surface area contributed by atoms with Crippen LogP contribution in [0.2, 0.25) is 0 Å². The normalized spacial score (nSPS) is 17.6. The van der Waals surface area contributed by atoms with E-state index in [1.54, 1.807) is 0 Å². The van der Waals surface area contributed by atoms with Gasteiger partial charge in [0.05, 0.1) is 0 Å². The second-order valence-electron chi connectivity index (χ2n) is 6.95. The van der Waals surface area contributed by atoms with Gasteiger partial charge in [-0.05, 0) is 30.6 Å². The molecule has 1 aliphatic heterocycles. The molecule has 1 fully saturated rings. The van der Waals surface area contributed by atoms with E-state index >= 15 is 0 Å². The third kappa shape index (κ3) is 6.31. The van der Waals surface area contributed by atoms with Crippen molar-refractivity contribution in [2.24, 2.45) is 11.3 Å². The van der Waals surface area contributed by atoms with Crippen LogP contribution < -0.4 is 5.32 Å². The summed E-state index contributed by atoms with van der Waals surface area (Å²) in [6, 6.07) is 0.135. The third-order valence-electron chi connectivity index (χ3n) is 4.25. The zero-order valence-electron chi connectivity index (χ0n) is 13.3. The zero-order chi connectivity index (χ0) is 14.3. The Kier molecular flexibility index (Phi) is 6.67. The molecular weight excluding hydrogens is 236 g/mol. The molecule has 0 atom stereocenters. The molecule has 19 heavy (non-hydrogen) atoms. The standard InChI is InChI=1S/C16H32N2O/c1-5-6-7-10-16(3,4)13-17-15(19)18-11-8-14(2)9-12-18/h14H,5-13H2,1-4H3,(H,17,19). The van der Waals surface area contributed by atoms with Gasteiger partial charge in [0, 0.05) is 19.6 Å². The third-order valence-corrected chi connectivity index (χ3v) is 4.25. The summed E-state index contributed by atoms with van der Waals surface area (Å²) >= 11 is 0. The van der Waals surface area contributed by atoms with Gasteiger partial charge in [0.2, 0.25) is 0 Å². The van der Waals surface area contributed by atoms with Crippen LogP contribution in [0.4, 0.5) is 4.79 Å². The lowest BCUT2D eigenvalue weighted by molar-refractivity contribution is 0.168. The maximum absolute atomic E-state index is 12.1. The van der Waals surface area contributed by atoms with Crippen LogP contribution in [0.3, 0.4) is 0 Å². The van der Waals surface area contributed by atoms with Gasteiger partial charge in [-0.25, -0.2) is 4.79 Å². The van der Waals surface area contributed by atoms with Gasteiger partial charge in [-0.3, -0.25) is 0 Å². The molecule has 112 valence electrons. The monoisotopic (exact) mass is 268 g/mol. The van der Waals surface area contributed by atoms with E-state index in [1.807, 2.05) is 4.90 Å². The number of nitrogens with zero attached hydrogens (tertiary/aromatic N) is 1. The molecule has 0 unspecified atom stereocenters. The predicted octanol–water partition coefficient (Wildman–Crippen LogP) is 4.03. The largest absolute Gasteiger partial charge is 0.337 e. The van der Waals surface area contributed by atoms with E-state index in [4.69, 9.17) is 0 Å². The molecule has 0 aliphatic carbocycles. The molecule has 0 saturated carbocycles. The molecule has 0 aromatic rings. The second-order valence-corrected chi connectivity index (χ2v) is 6.95. The summed E-state index contributed by atoms with van der Waals surface area (Å²) < 4.78 is 0. The van der Waals surface area contributed by atoms with Crippen LogP contribution in [0, 0.1) is 11.3 Å². The van der Waals surface area contributed by atoms with E-state index in [9.17, 15) is 4.79 Å². The number of amides is 2. The van der Waals surface area contributed by atoms with E-state index in [1.165, 1.54) is 25.7 Å². The molecule has 1 rings (SSSR count). The SMILES string of the molecule is CCCCCC(C)(C)CNC(=O)N1CCC(C)CC1. The minimum absolute atomic E-state index is 0.135. The first-order valence-electron chi connectivity index (χ1n) is 7.97. The maximum atomic E-state index is 12.1. The van der Waals surface area contributed by atoms with Crippen LogP contribution in [0.5, 0.6) is 0 Å². The number of hydrogen-bond acceptors (Lipinski definition) is 1. The van der Waals surface area contributed by atoms with E-state index in [-0.39, 0.29) is 11.4 Å². The summed E-state index contributed by atoms with van der Waals surface area (Å²) in [4.78, 5) is 14.1. The average molecular weight is 268 g/mol. The molecule has 0 bridgehead atoms. The second kappa shape index (κ2) is 7.76. The topological polar surface area (TPSA) is 32.3 Å². The van der Waals surface area contributed by atoms with Gasteiger partial charge in [-0.2, -0.15) is 0 Å². The Hall–Kier alpha value is -0.730. The Balaban J connectivity index is 2.24. The lowest BCUT2D eigenvalue weighted by atomic mass is 9.87. The maximum Gasteiger partial charge on any atom is 0.317 e. The molecule has 1 saturated heterocycles. The summed E-state index contributed by atoms with van der Waals surface area (Å²) in [6.07, 6.45) is 7.30. The molecule has 0 radical (unpaired) electrons. The van der Waals surface area contributed by atoms with Crippen molar-refractivity contribution in [3.63, 3.8) is 0 Å². The van der Waals surface area contributed by atoms with Crippen molar-refractivity contribution in [2.75, 3.05) is 19.6 Å². The Morgan fingerprint density at radius 1 is 1.26 bits per heavy atom. The van der Waals surface area contributed by atoms with Crippen molar-refractivity contribution < 1.29 is 4.79 Å². The van der Waals surface area contributed by atoms with Crippen molar-refractivity contribution >= 4 is 6.03 Å². The number of rotatable bonds is 6. The van der Waals surface area contributed by atoms with Gasteiger partial charge in [-0.1, -0.05) is 47.0 Å². The summed E-state index contributed by atoms with van der Waals surface area (Å²) in [6.45, 7) is 11.6. The minimum Gasteiger partial charge on any atom is -0.337 e. The van der Waals surface area contributed by atoms with Crippen LogP contribution in [0.15, 0.2) is 0 Å². The highest BCUT2D eigenvalue weighted by atomic mass is 16.2. The quantitative estimate of drug-likeness (QED) is 0.725. The van der Waals surface area contributed by atoms with Crippen LogP contribution in [0.25, 0.3) is 0 Å². The molecular formula is C16H32N2O. The molecule has 1 aliphatic rings. The summed E-state index contributed by atoms with van der Waals surface area (Å²) in [7, 11) is 0. The highest BCUT2D eigenvalue weighted by molar-refractivity contribution is 5.74. The van der Waals surface area contributed by atoms with Crippen molar-refractivity contribution in [1.82, 2.24) is 10.2 Å². The van der Waals surface area contributed by atoms with Gasteiger partial charge in [0.25, 0.3) is 0 Å². The number of nitrogens with one attached hydrogen (secondary N) is 1. The molecule has 1 N–H and O–H groups in total. The van der Waals surface area contributed by atoms with E-state index in [2.05, 4.69) is 33.0 Å². The molecule has 0 aromatic heterocycles. The van der Waals surface area contributed by atoms with Gasteiger partial charge < -0.3 is 10.2 Å². The summed E-state index contributed by atoms with van der Waals surface area (Å²) in [5.41, 5.74) is 0.216. The van der Waals surface area contributed by atoms with Gasteiger partial charge in [0.1, 0.15) is 0 Å². The van der Waals surface area contributed by atoms with E-state index in [0.717, 1.165) is 38.4 Å². The van der Waals surface area contributed by atoms with Gasteiger partial charge in [0.15, 0.2) is 0 Å². The average Bonchev–Trinajstić information content (AvgIpc) is 2.37. The number of unbranched alkanes of at least 4 members (excludes halogenated alkanes) is 2. The molecule has 3 heteroatoms. The fraction of sp³-hybridized carbons (Fsp3) is 0.938. The predicted molar refractivity (Wildman–Crippen MR) is 81.3 cm³/mol. The van der Waals surface area contributed by atoms with Crippen molar-refractivity contribution in [3.8, 4) is 0 Å². The van der Waals surface area contributed by atoms with E-state index < -0.39 is 0 Å². The van der Waals surface area contributed by atoms with Crippen LogP contribution in [-0.4, -0.2) is 30.6 Å². The van der Waals surface area contributed by atoms with Crippen molar-refractivity contribution in [2.45, 2.75) is 66.2 Å². The number of piperidine rings is 1. The fourth-order valence-electron chi connectivity index (χ4n) is 2.58. The van der Waals surface area contributed by atoms with Crippen LogP contribution >= 0.6 is 0 Å². The van der Waals surface area contributed by atoms with Crippen molar-refractivity contribution in [1.29, 1.82) is 0 Å². The molecule has 0 aromatic carbocycles. The summed E-state index contributed by atoms with van der Waals surface area (Å²) in [5.74, 6) is 0.773. The number of urea groups is 1. The Morgan fingerprint density at radius 3 is 2.47 bits per heavy atom. The van der Waals surface area contributed by atoms with Gasteiger partial charge in [-0.15, -0.1) is 0 Å². The van der Waals surface area contributed by atoms with Crippen molar-refractivity contribution in [3.05, 3.63) is 0 Å². The number of carbonyl (C=O) groups excluding carboxylic acids is 1. The van der Waals surface area contributed by atoms with Crippen LogP contribution in [0.1, 0.15) is 66.2 Å². The molecule has 3 nitrogen and oxygen atoms in total. The molecule has 0 spiro atoms. The van der Waals surface area contributed by atoms with E-state index in [0.29, 0.717) is 0 Å². The fourth-order valence-corrected chi connectivity index (χ4v) is 2.58. The Morgan fingerprint density at radius 2 is 1.89 bits per heavy atom. The smallest absolute Gasteiger partial charge is 0.317 e. The Labute approximate surface area is 119 Å². The molecule has 1 heterocycles. The lowest BCUT2D eigenvalue weighted by Gasteiger charge is -2.32. The minimum atomic E-state index is 0.135. The number of hydrogen-bond donors (Lipinski definition) is 1. The highest BCUT2D eigenvalue weighted by Gasteiger charge is 2.23. The van der Waals surface area contributed by atoms with Gasteiger partial charge >= 0.3 is 6.03 Å². The highest BCUT2D eigenvalue weighted by Crippen LogP contribution is 2.23.